The molecular weight excluding hydrogens is 368 g/mol. The second-order valence-electron chi connectivity index (χ2n) is 6.69. The maximum Gasteiger partial charge on any atom is 0.306 e. The number of hydrogen-bond donors (Lipinski definition) is 3. The number of carboxylic acid groups (broad SMARTS) is 1. The van der Waals surface area contributed by atoms with Crippen molar-refractivity contribution in [1.29, 1.82) is 0 Å². The van der Waals surface area contributed by atoms with Gasteiger partial charge in [0, 0.05) is 11.6 Å². The number of aliphatic carboxylic acids is 1. The summed E-state index contributed by atoms with van der Waals surface area (Å²) in [5.74, 6) is -0.611. The van der Waals surface area contributed by atoms with Crippen LogP contribution in [0.2, 0.25) is 5.02 Å². The first kappa shape index (κ1) is 19.4. The number of carbonyl (C=O) groups is 1. The number of aliphatic imine (C=N–C) groups is 1. The molecule has 2 atom stereocenters. The Morgan fingerprint density at radius 2 is 2.26 bits per heavy atom. The second kappa shape index (κ2) is 9.01. The molecule has 0 amide bonds. The van der Waals surface area contributed by atoms with E-state index >= 15 is 0 Å². The van der Waals surface area contributed by atoms with Crippen molar-refractivity contribution in [2.24, 2.45) is 10.9 Å². The van der Waals surface area contributed by atoms with Crippen molar-refractivity contribution < 1.29 is 15.0 Å². The fraction of sp³-hybridized carbons (Fsp3) is 0.421. The molecule has 1 aromatic heterocycles. The number of halogens is 1. The molecule has 2 unspecified atom stereocenters. The number of aromatic nitrogens is 2. The third-order valence-electron chi connectivity index (χ3n) is 4.69. The van der Waals surface area contributed by atoms with E-state index in [1.165, 1.54) is 0 Å². The Bertz CT molecular complexity index is 821. The Labute approximate surface area is 162 Å². The first-order valence-corrected chi connectivity index (χ1v) is 9.37. The molecule has 0 saturated carbocycles. The van der Waals surface area contributed by atoms with Gasteiger partial charge >= 0.3 is 5.97 Å². The van der Waals surface area contributed by atoms with Crippen molar-refractivity contribution in [3.63, 3.8) is 0 Å². The molecule has 1 aliphatic heterocycles. The molecule has 0 spiro atoms. The average Bonchev–Trinajstić information content (AvgIpc) is 2.94. The van der Waals surface area contributed by atoms with Crippen molar-refractivity contribution in [1.82, 2.24) is 9.55 Å². The molecule has 0 aliphatic carbocycles. The Balaban J connectivity index is 1.53. The highest BCUT2D eigenvalue weighted by atomic mass is 35.5. The molecule has 7 nitrogen and oxygen atoms in total. The number of nitrogens with zero attached hydrogens (tertiary/aromatic N) is 3. The van der Waals surface area contributed by atoms with Crippen LogP contribution < -0.4 is 5.32 Å². The average molecular weight is 391 g/mol. The number of carboxylic acids is 1. The second-order valence-corrected chi connectivity index (χ2v) is 7.13. The van der Waals surface area contributed by atoms with E-state index in [-0.39, 0.29) is 0 Å². The van der Waals surface area contributed by atoms with Crippen LogP contribution in [0.4, 0.5) is 5.82 Å². The molecule has 1 aliphatic rings. The van der Waals surface area contributed by atoms with Crippen LogP contribution in [0, 0.1) is 5.92 Å². The number of anilines is 1. The van der Waals surface area contributed by atoms with Gasteiger partial charge in [-0.05, 0) is 37.0 Å². The van der Waals surface area contributed by atoms with Crippen LogP contribution in [-0.4, -0.2) is 38.6 Å². The normalized spacial score (nSPS) is 17.0. The number of rotatable bonds is 8. The Morgan fingerprint density at radius 1 is 1.41 bits per heavy atom. The summed E-state index contributed by atoms with van der Waals surface area (Å²) in [6, 6.07) is 7.33. The van der Waals surface area contributed by atoms with Gasteiger partial charge in [0.1, 0.15) is 6.10 Å². The van der Waals surface area contributed by atoms with Crippen molar-refractivity contribution in [3.05, 3.63) is 46.9 Å². The lowest BCUT2D eigenvalue weighted by molar-refractivity contribution is -0.142. The zero-order valence-electron chi connectivity index (χ0n) is 14.9. The maximum absolute atomic E-state index is 11.6. The van der Waals surface area contributed by atoms with Gasteiger partial charge in [-0.1, -0.05) is 30.2 Å². The molecule has 2 heterocycles. The molecule has 2 aromatic rings. The van der Waals surface area contributed by atoms with Gasteiger partial charge in [0.2, 0.25) is 0 Å². The Hall–Kier alpha value is -2.38. The summed E-state index contributed by atoms with van der Waals surface area (Å²) < 4.78 is 1.91. The quantitative estimate of drug-likeness (QED) is 0.601. The minimum Gasteiger partial charge on any atom is -0.481 e. The highest BCUT2D eigenvalue weighted by Gasteiger charge is 2.21. The largest absolute Gasteiger partial charge is 0.481 e. The zero-order chi connectivity index (χ0) is 19.2. The first-order valence-electron chi connectivity index (χ1n) is 8.99. The molecule has 1 aromatic carbocycles. The van der Waals surface area contributed by atoms with Crippen LogP contribution >= 0.6 is 11.6 Å². The third-order valence-corrected chi connectivity index (χ3v) is 4.92. The molecule has 0 fully saturated rings. The number of imidazole rings is 1. The van der Waals surface area contributed by atoms with E-state index in [1.807, 2.05) is 22.8 Å². The number of fused-ring (bicyclic) bond motifs is 1. The van der Waals surface area contributed by atoms with Gasteiger partial charge in [0.25, 0.3) is 0 Å². The number of aliphatic hydroxyl groups is 1. The van der Waals surface area contributed by atoms with Crippen LogP contribution in [0.1, 0.15) is 36.6 Å². The van der Waals surface area contributed by atoms with Gasteiger partial charge in [-0.2, -0.15) is 0 Å². The molecule has 3 rings (SSSR count). The third kappa shape index (κ3) is 5.08. The fourth-order valence-electron chi connectivity index (χ4n) is 3.31. The van der Waals surface area contributed by atoms with E-state index in [2.05, 4.69) is 15.3 Å². The van der Waals surface area contributed by atoms with Crippen molar-refractivity contribution in [3.8, 4) is 0 Å². The molecule has 144 valence electrons. The Morgan fingerprint density at radius 3 is 3.04 bits per heavy atom. The molecule has 8 heteroatoms. The van der Waals surface area contributed by atoms with Gasteiger partial charge in [-0.3, -0.25) is 9.79 Å². The topological polar surface area (TPSA) is 99.7 Å². The lowest BCUT2D eigenvalue weighted by Gasteiger charge is -2.14. The van der Waals surface area contributed by atoms with Crippen LogP contribution in [0.5, 0.6) is 0 Å². The minimum absolute atomic E-state index is 0.298. The minimum atomic E-state index is -0.789. The molecule has 0 radical (unpaired) electrons. The number of aryl methyl sites for hydroxylation is 1. The predicted octanol–water partition coefficient (Wildman–Crippen LogP) is 3.14. The summed E-state index contributed by atoms with van der Waals surface area (Å²) in [7, 11) is 0. The van der Waals surface area contributed by atoms with Gasteiger partial charge < -0.3 is 20.1 Å². The standard InChI is InChI=1S/C19H23ClN4O3/c20-15-6-3-4-13(9-15)8-14(19(26)27)5-1-2-7-24-12-23-18-17(24)16(25)10-21-11-22-18/h3-4,6,9,11-12,14,16,25H,1-2,5,7-8,10H2,(H,21,22)(H,26,27). The van der Waals surface area contributed by atoms with Gasteiger partial charge in [0.05, 0.1) is 30.8 Å². The lowest BCUT2D eigenvalue weighted by atomic mass is 9.94. The van der Waals surface area contributed by atoms with E-state index < -0.39 is 18.0 Å². The van der Waals surface area contributed by atoms with E-state index in [1.54, 1.807) is 18.7 Å². The number of benzene rings is 1. The molecule has 0 bridgehead atoms. The molecule has 3 N–H and O–H groups in total. The van der Waals surface area contributed by atoms with E-state index in [9.17, 15) is 15.0 Å². The van der Waals surface area contributed by atoms with Gasteiger partial charge in [-0.25, -0.2) is 4.98 Å². The highest BCUT2D eigenvalue weighted by Crippen LogP contribution is 2.25. The smallest absolute Gasteiger partial charge is 0.306 e. The van der Waals surface area contributed by atoms with Crippen LogP contribution in [0.15, 0.2) is 35.6 Å². The fourth-order valence-corrected chi connectivity index (χ4v) is 3.52. The van der Waals surface area contributed by atoms with Crippen LogP contribution in [0.3, 0.4) is 0 Å². The summed E-state index contributed by atoms with van der Waals surface area (Å²) in [5.41, 5.74) is 1.66. The van der Waals surface area contributed by atoms with Crippen molar-refractivity contribution >= 4 is 29.7 Å². The molecule has 0 saturated heterocycles. The van der Waals surface area contributed by atoms with E-state index in [4.69, 9.17) is 11.6 Å². The van der Waals surface area contributed by atoms with Crippen molar-refractivity contribution in [2.45, 2.75) is 38.3 Å². The predicted molar refractivity (Wildman–Crippen MR) is 104 cm³/mol. The van der Waals surface area contributed by atoms with E-state index in [0.29, 0.717) is 36.8 Å². The number of nitrogens with one attached hydrogen (secondary N) is 1. The molecular formula is C19H23ClN4O3. The molecule has 27 heavy (non-hydrogen) atoms. The maximum atomic E-state index is 11.6. The van der Waals surface area contributed by atoms with Gasteiger partial charge in [-0.15, -0.1) is 0 Å². The van der Waals surface area contributed by atoms with Gasteiger partial charge in [0.15, 0.2) is 5.82 Å². The summed E-state index contributed by atoms with van der Waals surface area (Å²) in [6.45, 7) is 0.969. The summed E-state index contributed by atoms with van der Waals surface area (Å²) >= 11 is 5.98. The van der Waals surface area contributed by atoms with E-state index in [0.717, 1.165) is 24.1 Å². The number of unbranched alkanes of at least 4 members (excludes halogenated alkanes) is 1. The SMILES string of the molecule is O=C(O)C(CCCCn1cnc2c1C(O)CN=CN2)Cc1cccc(Cl)c1. The Kier molecular flexibility index (Phi) is 6.47. The highest BCUT2D eigenvalue weighted by molar-refractivity contribution is 6.30. The summed E-state index contributed by atoms with van der Waals surface area (Å²) in [4.78, 5) is 19.9. The lowest BCUT2D eigenvalue weighted by Crippen LogP contribution is -2.17. The first-order chi connectivity index (χ1) is 13.0. The number of aliphatic hydroxyl groups excluding tert-OH is 1. The summed E-state index contributed by atoms with van der Waals surface area (Å²) in [6.07, 6.45) is 5.17. The van der Waals surface area contributed by atoms with Crippen LogP contribution in [0.25, 0.3) is 0 Å². The van der Waals surface area contributed by atoms with Crippen molar-refractivity contribution in [2.75, 3.05) is 11.9 Å². The zero-order valence-corrected chi connectivity index (χ0v) is 15.6. The monoisotopic (exact) mass is 390 g/mol. The summed E-state index contributed by atoms with van der Waals surface area (Å²) in [5, 5.41) is 23.3. The number of hydrogen-bond acceptors (Lipinski definition) is 5. The van der Waals surface area contributed by atoms with Crippen LogP contribution in [-0.2, 0) is 17.8 Å².